The van der Waals surface area contributed by atoms with Gasteiger partial charge >= 0.3 is 0 Å². The van der Waals surface area contributed by atoms with Crippen molar-refractivity contribution in [3.63, 3.8) is 0 Å². The standard InChI is InChI=1S/C16H22N4OS/c1-3-9-22-16-18-17-15(19(16)2)14-5-4-7-20(11-14)10-13-6-8-21-12-13/h3,6,8,12,14H,1,4-5,7,9-11H2,2H3/t14-/m1/s1. The molecule has 1 saturated heterocycles. The number of aromatic nitrogens is 3. The highest BCUT2D eigenvalue weighted by molar-refractivity contribution is 7.99. The highest BCUT2D eigenvalue weighted by Gasteiger charge is 2.26. The lowest BCUT2D eigenvalue weighted by molar-refractivity contribution is 0.194. The molecular formula is C16H22N4OS. The number of rotatable bonds is 6. The molecule has 1 fully saturated rings. The van der Waals surface area contributed by atoms with Gasteiger partial charge in [0.15, 0.2) is 5.16 Å². The Morgan fingerprint density at radius 3 is 3.18 bits per heavy atom. The smallest absolute Gasteiger partial charge is 0.191 e. The molecule has 5 nitrogen and oxygen atoms in total. The highest BCUT2D eigenvalue weighted by Crippen LogP contribution is 2.28. The van der Waals surface area contributed by atoms with Crippen molar-refractivity contribution in [2.24, 2.45) is 7.05 Å². The second-order valence-corrected chi connectivity index (χ2v) is 6.69. The molecule has 0 aromatic carbocycles. The predicted octanol–water partition coefficient (Wildman–Crippen LogP) is 3.07. The van der Waals surface area contributed by atoms with E-state index in [0.717, 1.165) is 36.4 Å². The number of hydrogen-bond donors (Lipinski definition) is 0. The molecule has 0 saturated carbocycles. The van der Waals surface area contributed by atoms with Gasteiger partial charge in [-0.15, -0.1) is 16.8 Å². The van der Waals surface area contributed by atoms with Crippen molar-refractivity contribution < 1.29 is 4.42 Å². The van der Waals surface area contributed by atoms with Crippen LogP contribution >= 0.6 is 11.8 Å². The molecule has 6 heteroatoms. The highest BCUT2D eigenvalue weighted by atomic mass is 32.2. The molecule has 0 amide bonds. The van der Waals surface area contributed by atoms with Crippen LogP contribution < -0.4 is 0 Å². The zero-order valence-corrected chi connectivity index (χ0v) is 13.8. The van der Waals surface area contributed by atoms with Crippen LogP contribution in [0.4, 0.5) is 0 Å². The van der Waals surface area contributed by atoms with Gasteiger partial charge in [0.25, 0.3) is 0 Å². The Hall–Kier alpha value is -1.53. The predicted molar refractivity (Wildman–Crippen MR) is 87.9 cm³/mol. The molecule has 0 radical (unpaired) electrons. The Morgan fingerprint density at radius 1 is 1.50 bits per heavy atom. The lowest BCUT2D eigenvalue weighted by Gasteiger charge is -2.31. The van der Waals surface area contributed by atoms with Crippen LogP contribution in [-0.4, -0.2) is 38.5 Å². The number of thioether (sulfide) groups is 1. The third kappa shape index (κ3) is 3.44. The maximum Gasteiger partial charge on any atom is 0.191 e. The monoisotopic (exact) mass is 318 g/mol. The molecule has 1 atom stereocenters. The van der Waals surface area contributed by atoms with Gasteiger partial charge in [0, 0.05) is 37.4 Å². The van der Waals surface area contributed by atoms with Gasteiger partial charge in [-0.2, -0.15) is 0 Å². The van der Waals surface area contributed by atoms with Crippen LogP contribution in [0.2, 0.25) is 0 Å². The molecule has 2 aromatic rings. The largest absolute Gasteiger partial charge is 0.472 e. The third-order valence-corrected chi connectivity index (χ3v) is 5.07. The molecule has 0 N–H and O–H groups in total. The van der Waals surface area contributed by atoms with Crippen molar-refractivity contribution in [2.45, 2.75) is 30.5 Å². The van der Waals surface area contributed by atoms with E-state index in [1.807, 2.05) is 18.4 Å². The zero-order valence-electron chi connectivity index (χ0n) is 12.9. The average molecular weight is 318 g/mol. The van der Waals surface area contributed by atoms with Crippen LogP contribution in [0.1, 0.15) is 30.1 Å². The Labute approximate surface area is 135 Å². The minimum atomic E-state index is 0.455. The summed E-state index contributed by atoms with van der Waals surface area (Å²) in [5.74, 6) is 2.42. The number of hydrogen-bond acceptors (Lipinski definition) is 5. The molecule has 0 unspecified atom stereocenters. The minimum absolute atomic E-state index is 0.455. The van der Waals surface area contributed by atoms with Crippen molar-refractivity contribution in [1.29, 1.82) is 0 Å². The van der Waals surface area contributed by atoms with Crippen molar-refractivity contribution in [1.82, 2.24) is 19.7 Å². The quantitative estimate of drug-likeness (QED) is 0.605. The van der Waals surface area contributed by atoms with Gasteiger partial charge in [0.1, 0.15) is 5.82 Å². The second kappa shape index (κ2) is 7.15. The summed E-state index contributed by atoms with van der Waals surface area (Å²) in [6.07, 6.45) is 7.84. The number of piperidine rings is 1. The number of nitrogens with zero attached hydrogens (tertiary/aromatic N) is 4. The van der Waals surface area contributed by atoms with Crippen molar-refractivity contribution in [3.05, 3.63) is 42.6 Å². The molecule has 3 rings (SSSR count). The second-order valence-electron chi connectivity index (χ2n) is 5.71. The summed E-state index contributed by atoms with van der Waals surface area (Å²) in [6, 6.07) is 2.04. The summed E-state index contributed by atoms with van der Waals surface area (Å²) < 4.78 is 7.30. The van der Waals surface area contributed by atoms with E-state index in [0.29, 0.717) is 5.92 Å². The molecule has 3 heterocycles. The Morgan fingerprint density at radius 2 is 2.41 bits per heavy atom. The van der Waals surface area contributed by atoms with E-state index in [9.17, 15) is 0 Å². The summed E-state index contributed by atoms with van der Waals surface area (Å²) in [5.41, 5.74) is 1.24. The first-order valence-corrected chi connectivity index (χ1v) is 8.63. The summed E-state index contributed by atoms with van der Waals surface area (Å²) in [4.78, 5) is 2.48. The third-order valence-electron chi connectivity index (χ3n) is 4.06. The van der Waals surface area contributed by atoms with Gasteiger partial charge < -0.3 is 8.98 Å². The summed E-state index contributed by atoms with van der Waals surface area (Å²) >= 11 is 1.68. The minimum Gasteiger partial charge on any atom is -0.472 e. The van der Waals surface area contributed by atoms with E-state index in [-0.39, 0.29) is 0 Å². The maximum atomic E-state index is 5.16. The molecule has 118 valence electrons. The van der Waals surface area contributed by atoms with Gasteiger partial charge in [-0.25, -0.2) is 0 Å². The topological polar surface area (TPSA) is 47.1 Å². The molecule has 0 bridgehead atoms. The van der Waals surface area contributed by atoms with Crippen LogP contribution in [0.3, 0.4) is 0 Å². The van der Waals surface area contributed by atoms with Gasteiger partial charge in [0.05, 0.1) is 12.5 Å². The molecule has 0 spiro atoms. The van der Waals surface area contributed by atoms with Gasteiger partial charge in [-0.1, -0.05) is 17.8 Å². The van der Waals surface area contributed by atoms with E-state index in [1.54, 1.807) is 18.0 Å². The van der Waals surface area contributed by atoms with E-state index < -0.39 is 0 Å². The fourth-order valence-corrected chi connectivity index (χ4v) is 3.64. The molecule has 1 aliphatic rings. The Bertz CT molecular complexity index is 608. The molecule has 1 aliphatic heterocycles. The van der Waals surface area contributed by atoms with E-state index >= 15 is 0 Å². The lowest BCUT2D eigenvalue weighted by atomic mass is 9.97. The summed E-state index contributed by atoms with van der Waals surface area (Å²) in [5, 5.41) is 9.73. The van der Waals surface area contributed by atoms with Crippen LogP contribution in [0.15, 0.2) is 40.8 Å². The molecular weight excluding hydrogens is 296 g/mol. The van der Waals surface area contributed by atoms with E-state index in [1.165, 1.54) is 18.4 Å². The SMILES string of the molecule is C=CCSc1nnc([C@@H]2CCCN(Cc3ccoc3)C2)n1C. The van der Waals surface area contributed by atoms with Gasteiger partial charge in [-0.05, 0) is 25.5 Å². The maximum absolute atomic E-state index is 5.16. The Kier molecular flexibility index (Phi) is 5.00. The fourth-order valence-electron chi connectivity index (χ4n) is 2.99. The van der Waals surface area contributed by atoms with Crippen LogP contribution in [0, 0.1) is 0 Å². The van der Waals surface area contributed by atoms with Crippen molar-refractivity contribution in [2.75, 3.05) is 18.8 Å². The van der Waals surface area contributed by atoms with Crippen LogP contribution in [-0.2, 0) is 13.6 Å². The lowest BCUT2D eigenvalue weighted by Crippen LogP contribution is -2.34. The number of likely N-dealkylation sites (tertiary alicyclic amines) is 1. The molecule has 22 heavy (non-hydrogen) atoms. The first kappa shape index (κ1) is 15.4. The fraction of sp³-hybridized carbons (Fsp3) is 0.500. The van der Waals surface area contributed by atoms with E-state index in [2.05, 4.69) is 33.3 Å². The van der Waals surface area contributed by atoms with Gasteiger partial charge in [-0.3, -0.25) is 4.90 Å². The Balaban J connectivity index is 1.66. The molecule has 2 aromatic heterocycles. The van der Waals surface area contributed by atoms with Crippen LogP contribution in [0.5, 0.6) is 0 Å². The van der Waals surface area contributed by atoms with Gasteiger partial charge in [0.2, 0.25) is 0 Å². The van der Waals surface area contributed by atoms with E-state index in [4.69, 9.17) is 4.42 Å². The first-order valence-electron chi connectivity index (χ1n) is 7.64. The average Bonchev–Trinajstić information content (AvgIpc) is 3.15. The summed E-state index contributed by atoms with van der Waals surface area (Å²) in [7, 11) is 2.07. The zero-order chi connectivity index (χ0) is 15.4. The number of furan rings is 1. The summed E-state index contributed by atoms with van der Waals surface area (Å²) in [6.45, 7) is 6.87. The van der Waals surface area contributed by atoms with Crippen molar-refractivity contribution in [3.8, 4) is 0 Å². The van der Waals surface area contributed by atoms with Crippen molar-refractivity contribution >= 4 is 11.8 Å². The van der Waals surface area contributed by atoms with Crippen LogP contribution in [0.25, 0.3) is 0 Å². The molecule has 0 aliphatic carbocycles. The first-order chi connectivity index (χ1) is 10.8. The normalized spacial score (nSPS) is 19.4.